The van der Waals surface area contributed by atoms with E-state index >= 15 is 0 Å². The fraction of sp³-hybridized carbons (Fsp3) is 0.615. The molecule has 1 heterocycles. The summed E-state index contributed by atoms with van der Waals surface area (Å²) in [5.74, 6) is 0.774. The van der Waals surface area contributed by atoms with Crippen molar-refractivity contribution in [1.29, 1.82) is 0 Å². The minimum atomic E-state index is -0.392. The van der Waals surface area contributed by atoms with Crippen LogP contribution < -0.4 is 5.32 Å². The maximum Gasteiger partial charge on any atom is 0.341 e. The standard InChI is InChI=1S/C13H21NO4/c1-3-10(4-5-15)7-14-8-12-6-11(9-18-12)13(16)17-2/h6,9-10,14-15H,3-5,7-8H2,1-2H3. The van der Waals surface area contributed by atoms with Crippen molar-refractivity contribution >= 4 is 5.97 Å². The van der Waals surface area contributed by atoms with Crippen LogP contribution >= 0.6 is 0 Å². The van der Waals surface area contributed by atoms with Gasteiger partial charge in [0.15, 0.2) is 0 Å². The van der Waals surface area contributed by atoms with Gasteiger partial charge in [0.1, 0.15) is 12.0 Å². The van der Waals surface area contributed by atoms with Crippen LogP contribution in [0.15, 0.2) is 16.7 Å². The van der Waals surface area contributed by atoms with Gasteiger partial charge in [-0.05, 0) is 24.9 Å². The van der Waals surface area contributed by atoms with Gasteiger partial charge in [-0.3, -0.25) is 0 Å². The van der Waals surface area contributed by atoms with Gasteiger partial charge in [-0.2, -0.15) is 0 Å². The molecule has 102 valence electrons. The molecule has 0 radical (unpaired) electrons. The molecule has 1 aromatic heterocycles. The van der Waals surface area contributed by atoms with Crippen molar-refractivity contribution in [2.24, 2.45) is 5.92 Å². The van der Waals surface area contributed by atoms with Crippen LogP contribution in [0.1, 0.15) is 35.9 Å². The zero-order chi connectivity index (χ0) is 13.4. The first-order valence-electron chi connectivity index (χ1n) is 6.18. The minimum Gasteiger partial charge on any atom is -0.467 e. The van der Waals surface area contributed by atoms with E-state index in [-0.39, 0.29) is 6.61 Å². The van der Waals surface area contributed by atoms with Crippen molar-refractivity contribution in [1.82, 2.24) is 5.32 Å². The highest BCUT2D eigenvalue weighted by molar-refractivity contribution is 5.88. The molecule has 0 amide bonds. The largest absolute Gasteiger partial charge is 0.467 e. The number of methoxy groups -OCH3 is 1. The molecule has 5 heteroatoms. The van der Waals surface area contributed by atoms with Crippen molar-refractivity contribution in [2.75, 3.05) is 20.3 Å². The van der Waals surface area contributed by atoms with Crippen LogP contribution in [0.4, 0.5) is 0 Å². The van der Waals surface area contributed by atoms with E-state index in [1.54, 1.807) is 6.07 Å². The fourth-order valence-corrected chi connectivity index (χ4v) is 1.73. The van der Waals surface area contributed by atoms with Crippen LogP contribution in [0.5, 0.6) is 0 Å². The summed E-state index contributed by atoms with van der Waals surface area (Å²) in [7, 11) is 1.34. The van der Waals surface area contributed by atoms with Crippen LogP contribution in [-0.4, -0.2) is 31.3 Å². The van der Waals surface area contributed by atoms with Crippen LogP contribution in [0.2, 0.25) is 0 Å². The number of ether oxygens (including phenoxy) is 1. The summed E-state index contributed by atoms with van der Waals surface area (Å²) in [6, 6.07) is 1.67. The zero-order valence-corrected chi connectivity index (χ0v) is 10.9. The van der Waals surface area contributed by atoms with Crippen molar-refractivity contribution in [2.45, 2.75) is 26.3 Å². The summed E-state index contributed by atoms with van der Waals surface area (Å²) in [6.45, 7) is 3.71. The van der Waals surface area contributed by atoms with E-state index in [0.717, 1.165) is 19.4 Å². The second-order valence-corrected chi connectivity index (χ2v) is 4.21. The van der Waals surface area contributed by atoms with Gasteiger partial charge in [0, 0.05) is 6.61 Å². The Balaban J connectivity index is 2.35. The molecule has 1 unspecified atom stereocenters. The zero-order valence-electron chi connectivity index (χ0n) is 10.9. The third kappa shape index (κ3) is 4.50. The van der Waals surface area contributed by atoms with Gasteiger partial charge in [0.05, 0.1) is 19.2 Å². The molecule has 2 N–H and O–H groups in total. The number of rotatable bonds is 8. The number of aliphatic hydroxyl groups is 1. The van der Waals surface area contributed by atoms with Crippen molar-refractivity contribution < 1.29 is 19.1 Å². The maximum atomic E-state index is 11.2. The molecule has 0 saturated heterocycles. The first-order chi connectivity index (χ1) is 8.71. The first-order valence-corrected chi connectivity index (χ1v) is 6.18. The summed E-state index contributed by atoms with van der Waals surface area (Å²) < 4.78 is 9.84. The summed E-state index contributed by atoms with van der Waals surface area (Å²) in [6.07, 6.45) is 3.22. The van der Waals surface area contributed by atoms with Crippen LogP contribution in [0.25, 0.3) is 0 Å². The number of furan rings is 1. The van der Waals surface area contributed by atoms with E-state index < -0.39 is 5.97 Å². The number of aliphatic hydroxyl groups excluding tert-OH is 1. The third-order valence-corrected chi connectivity index (χ3v) is 2.92. The van der Waals surface area contributed by atoms with E-state index in [1.165, 1.54) is 13.4 Å². The summed E-state index contributed by atoms with van der Waals surface area (Å²) in [4.78, 5) is 11.2. The molecule has 0 saturated carbocycles. The van der Waals surface area contributed by atoms with Gasteiger partial charge in [-0.1, -0.05) is 13.3 Å². The third-order valence-electron chi connectivity index (χ3n) is 2.92. The molecule has 0 bridgehead atoms. The summed E-state index contributed by atoms with van der Waals surface area (Å²) in [5, 5.41) is 12.1. The quantitative estimate of drug-likeness (QED) is 0.690. The molecule has 0 aliphatic heterocycles. The number of nitrogens with one attached hydrogen (secondary N) is 1. The van der Waals surface area contributed by atoms with E-state index in [2.05, 4.69) is 17.0 Å². The van der Waals surface area contributed by atoms with E-state index in [1.807, 2.05) is 0 Å². The number of hydrogen-bond donors (Lipinski definition) is 2. The van der Waals surface area contributed by atoms with Crippen molar-refractivity contribution in [3.63, 3.8) is 0 Å². The average Bonchev–Trinajstić information content (AvgIpc) is 2.85. The number of carbonyl (C=O) groups is 1. The van der Waals surface area contributed by atoms with E-state index in [4.69, 9.17) is 9.52 Å². The highest BCUT2D eigenvalue weighted by Crippen LogP contribution is 2.10. The smallest absolute Gasteiger partial charge is 0.341 e. The molecule has 0 aromatic carbocycles. The van der Waals surface area contributed by atoms with E-state index in [0.29, 0.717) is 23.8 Å². The van der Waals surface area contributed by atoms with Gasteiger partial charge in [0.25, 0.3) is 0 Å². The lowest BCUT2D eigenvalue weighted by Crippen LogP contribution is -2.22. The van der Waals surface area contributed by atoms with Gasteiger partial charge >= 0.3 is 5.97 Å². The Hall–Kier alpha value is -1.33. The topological polar surface area (TPSA) is 71.7 Å². The molecule has 0 aliphatic rings. The predicted molar refractivity (Wildman–Crippen MR) is 67.2 cm³/mol. The minimum absolute atomic E-state index is 0.216. The molecule has 1 aromatic rings. The second-order valence-electron chi connectivity index (χ2n) is 4.21. The van der Waals surface area contributed by atoms with Crippen LogP contribution in [0, 0.1) is 5.92 Å². The molecule has 1 atom stereocenters. The molecule has 18 heavy (non-hydrogen) atoms. The molecule has 1 rings (SSSR count). The molecular weight excluding hydrogens is 234 g/mol. The monoisotopic (exact) mass is 255 g/mol. The number of carbonyl (C=O) groups excluding carboxylic acids is 1. The highest BCUT2D eigenvalue weighted by Gasteiger charge is 2.10. The Morgan fingerprint density at radius 3 is 3.00 bits per heavy atom. The molecular formula is C13H21NO4. The molecule has 0 spiro atoms. The van der Waals surface area contributed by atoms with Gasteiger partial charge < -0.3 is 19.6 Å². The van der Waals surface area contributed by atoms with Crippen molar-refractivity contribution in [3.05, 3.63) is 23.7 Å². The van der Waals surface area contributed by atoms with Crippen molar-refractivity contribution in [3.8, 4) is 0 Å². The van der Waals surface area contributed by atoms with Crippen LogP contribution in [-0.2, 0) is 11.3 Å². The highest BCUT2D eigenvalue weighted by atomic mass is 16.5. The first kappa shape index (κ1) is 14.7. The molecule has 0 aliphatic carbocycles. The Kier molecular flexibility index (Phi) is 6.46. The average molecular weight is 255 g/mol. The summed E-state index contributed by atoms with van der Waals surface area (Å²) in [5.41, 5.74) is 0.427. The van der Waals surface area contributed by atoms with Crippen LogP contribution in [0.3, 0.4) is 0 Å². The van der Waals surface area contributed by atoms with E-state index in [9.17, 15) is 4.79 Å². The van der Waals surface area contributed by atoms with Gasteiger partial charge in [0.2, 0.25) is 0 Å². The summed E-state index contributed by atoms with van der Waals surface area (Å²) >= 11 is 0. The Labute approximate surface area is 107 Å². The Morgan fingerprint density at radius 2 is 2.39 bits per heavy atom. The fourth-order valence-electron chi connectivity index (χ4n) is 1.73. The lowest BCUT2D eigenvalue weighted by molar-refractivity contribution is 0.0600. The second kappa shape index (κ2) is 7.89. The predicted octanol–water partition coefficient (Wildman–Crippen LogP) is 1.56. The normalized spacial score (nSPS) is 12.4. The SMILES string of the molecule is CCC(CCO)CNCc1cc(C(=O)OC)co1. The lowest BCUT2D eigenvalue weighted by atomic mass is 10.0. The Morgan fingerprint density at radius 1 is 1.61 bits per heavy atom. The van der Waals surface area contributed by atoms with Gasteiger partial charge in [-0.25, -0.2) is 4.79 Å². The number of esters is 1. The number of hydrogen-bond acceptors (Lipinski definition) is 5. The Bertz CT molecular complexity index is 362. The maximum absolute atomic E-state index is 11.2. The molecule has 0 fully saturated rings. The lowest BCUT2D eigenvalue weighted by Gasteiger charge is -2.13. The molecule has 5 nitrogen and oxygen atoms in total. The van der Waals surface area contributed by atoms with Gasteiger partial charge in [-0.15, -0.1) is 0 Å².